The lowest BCUT2D eigenvalue weighted by atomic mass is 10.2. The molecule has 14 heavy (non-hydrogen) atoms. The fourth-order valence-corrected chi connectivity index (χ4v) is 1.06. The van der Waals surface area contributed by atoms with E-state index in [1.54, 1.807) is 12.4 Å². The van der Waals surface area contributed by atoms with Crippen LogP contribution in [0.3, 0.4) is 0 Å². The second-order valence-corrected chi connectivity index (χ2v) is 3.02. The third kappa shape index (κ3) is 3.50. The summed E-state index contributed by atoms with van der Waals surface area (Å²) in [6.45, 7) is 4.23. The molecule has 1 rings (SSSR count). The van der Waals surface area contributed by atoms with E-state index in [0.29, 0.717) is 6.04 Å². The summed E-state index contributed by atoms with van der Waals surface area (Å²) in [6.07, 6.45) is 5.48. The van der Waals surface area contributed by atoms with E-state index >= 15 is 0 Å². The molecule has 0 radical (unpaired) electrons. The zero-order chi connectivity index (χ0) is 10.2. The molecule has 0 amide bonds. The van der Waals surface area contributed by atoms with Crippen molar-refractivity contribution in [1.29, 1.82) is 0 Å². The molecule has 3 nitrogen and oxygen atoms in total. The Balaban J connectivity index is 2.63. The number of hydrogen-bond acceptors (Lipinski definition) is 3. The van der Waals surface area contributed by atoms with Crippen LogP contribution >= 0.6 is 0 Å². The van der Waals surface area contributed by atoms with Gasteiger partial charge in [0.05, 0.1) is 23.9 Å². The molecule has 0 N–H and O–H groups in total. The number of aromatic nitrogens is 1. The van der Waals surface area contributed by atoms with E-state index in [1.807, 2.05) is 12.1 Å². The maximum absolute atomic E-state index is 4.21. The fraction of sp³-hybridized carbons (Fsp3) is 0.455. The zero-order valence-electron chi connectivity index (χ0n) is 8.64. The highest BCUT2D eigenvalue weighted by molar-refractivity contribution is 5.51. The van der Waals surface area contributed by atoms with Gasteiger partial charge in [-0.25, -0.2) is 4.99 Å². The van der Waals surface area contributed by atoms with E-state index in [0.717, 1.165) is 18.5 Å². The summed E-state index contributed by atoms with van der Waals surface area (Å²) in [7, 11) is 0. The topological polar surface area (TPSA) is 37.6 Å². The van der Waals surface area contributed by atoms with Crippen LogP contribution in [0.25, 0.3) is 0 Å². The van der Waals surface area contributed by atoms with Crippen molar-refractivity contribution in [3.8, 4) is 0 Å². The molecule has 0 aliphatic rings. The van der Waals surface area contributed by atoms with Gasteiger partial charge in [0.15, 0.2) is 0 Å². The van der Waals surface area contributed by atoms with Gasteiger partial charge in [-0.1, -0.05) is 13.8 Å². The average molecular weight is 189 g/mol. The van der Waals surface area contributed by atoms with Crippen LogP contribution in [0.5, 0.6) is 0 Å². The van der Waals surface area contributed by atoms with E-state index in [2.05, 4.69) is 34.8 Å². The van der Waals surface area contributed by atoms with Crippen molar-refractivity contribution in [1.82, 2.24) is 4.98 Å². The van der Waals surface area contributed by atoms with Crippen LogP contribution in [0.15, 0.2) is 34.5 Å². The molecule has 0 aromatic carbocycles. The Labute approximate surface area is 84.6 Å². The van der Waals surface area contributed by atoms with Gasteiger partial charge in [-0.3, -0.25) is 4.98 Å². The molecule has 0 saturated carbocycles. The molecule has 0 aliphatic carbocycles. The van der Waals surface area contributed by atoms with Gasteiger partial charge < -0.3 is 0 Å². The van der Waals surface area contributed by atoms with Crippen LogP contribution in [0, 0.1) is 0 Å². The normalized spacial score (nSPS) is 9.64. The first-order valence-electron chi connectivity index (χ1n) is 4.92. The summed E-state index contributed by atoms with van der Waals surface area (Å²) in [6, 6.07) is 6.78. The van der Waals surface area contributed by atoms with Crippen molar-refractivity contribution in [3.63, 3.8) is 0 Å². The first kappa shape index (κ1) is 10.6. The van der Waals surface area contributed by atoms with E-state index in [4.69, 9.17) is 0 Å². The van der Waals surface area contributed by atoms with E-state index in [-0.39, 0.29) is 0 Å². The molecule has 0 fully saturated rings. The van der Waals surface area contributed by atoms with Crippen molar-refractivity contribution < 1.29 is 0 Å². The van der Waals surface area contributed by atoms with Gasteiger partial charge in [-0.05, 0) is 25.0 Å². The Morgan fingerprint density at radius 3 is 2.79 bits per heavy atom. The molecule has 3 heteroatoms. The van der Waals surface area contributed by atoms with Crippen LogP contribution < -0.4 is 0 Å². The van der Waals surface area contributed by atoms with Crippen LogP contribution in [0.2, 0.25) is 0 Å². The van der Waals surface area contributed by atoms with Gasteiger partial charge in [0.1, 0.15) is 0 Å². The molecule has 0 bridgehead atoms. The van der Waals surface area contributed by atoms with Gasteiger partial charge in [0.25, 0.3) is 0 Å². The number of hydrogen-bond donors (Lipinski definition) is 0. The predicted molar refractivity (Wildman–Crippen MR) is 58.1 cm³/mol. The highest BCUT2D eigenvalue weighted by Crippen LogP contribution is 2.06. The summed E-state index contributed by atoms with van der Waals surface area (Å²) in [5.74, 6) is 0. The van der Waals surface area contributed by atoms with Crippen molar-refractivity contribution >= 4 is 11.7 Å². The minimum absolute atomic E-state index is 0.343. The standard InChI is InChI=1S/C11H15N3/c1-3-10(4-2)13-9-14-11-6-5-7-12-8-11/h5-8,10H,3-4H2,1-2H3. The molecule has 1 aromatic heterocycles. The number of aliphatic imine (C=N–C) groups is 2. The molecule has 0 atom stereocenters. The van der Waals surface area contributed by atoms with Crippen molar-refractivity contribution in [2.24, 2.45) is 9.98 Å². The molecule has 1 heterocycles. The minimum atomic E-state index is 0.343. The SMILES string of the molecule is CCC(CC)N=C=Nc1cccnc1. The van der Waals surface area contributed by atoms with Gasteiger partial charge >= 0.3 is 0 Å². The van der Waals surface area contributed by atoms with Crippen LogP contribution in [-0.2, 0) is 0 Å². The number of pyridine rings is 1. The molecular formula is C11H15N3. The Morgan fingerprint density at radius 2 is 2.21 bits per heavy atom. The van der Waals surface area contributed by atoms with Gasteiger partial charge in [0, 0.05) is 6.20 Å². The first-order valence-corrected chi connectivity index (χ1v) is 4.92. The quantitative estimate of drug-likeness (QED) is 0.671. The summed E-state index contributed by atoms with van der Waals surface area (Å²) < 4.78 is 0. The Bertz CT molecular complexity index is 309. The molecular weight excluding hydrogens is 174 g/mol. The van der Waals surface area contributed by atoms with Crippen molar-refractivity contribution in [2.45, 2.75) is 32.7 Å². The summed E-state index contributed by atoms with van der Waals surface area (Å²) in [5.41, 5.74) is 0.794. The van der Waals surface area contributed by atoms with E-state index in [1.165, 1.54) is 0 Å². The van der Waals surface area contributed by atoms with E-state index in [9.17, 15) is 0 Å². The predicted octanol–water partition coefficient (Wildman–Crippen LogP) is 3.08. The second kappa shape index (κ2) is 6.06. The molecule has 0 saturated heterocycles. The molecule has 74 valence electrons. The maximum Gasteiger partial charge on any atom is 0.0952 e. The monoisotopic (exact) mass is 189 g/mol. The summed E-state index contributed by atoms with van der Waals surface area (Å²) >= 11 is 0. The summed E-state index contributed by atoms with van der Waals surface area (Å²) in [5, 5.41) is 0. The van der Waals surface area contributed by atoms with Crippen LogP contribution in [0.1, 0.15) is 26.7 Å². The lowest BCUT2D eigenvalue weighted by Crippen LogP contribution is -1.97. The third-order valence-electron chi connectivity index (χ3n) is 2.01. The molecule has 0 unspecified atom stereocenters. The second-order valence-electron chi connectivity index (χ2n) is 3.02. The zero-order valence-corrected chi connectivity index (χ0v) is 8.64. The highest BCUT2D eigenvalue weighted by Gasteiger charge is 1.96. The molecule has 0 aliphatic heterocycles. The maximum atomic E-state index is 4.21. The Kier molecular flexibility index (Phi) is 4.59. The van der Waals surface area contributed by atoms with E-state index < -0.39 is 0 Å². The smallest absolute Gasteiger partial charge is 0.0952 e. The first-order chi connectivity index (χ1) is 6.86. The van der Waals surface area contributed by atoms with Gasteiger partial charge in [-0.15, -0.1) is 0 Å². The number of nitrogens with zero attached hydrogens (tertiary/aromatic N) is 3. The Hall–Kier alpha value is -1.47. The molecule has 1 aromatic rings. The van der Waals surface area contributed by atoms with Crippen molar-refractivity contribution in [3.05, 3.63) is 24.5 Å². The molecule has 0 spiro atoms. The van der Waals surface area contributed by atoms with Crippen LogP contribution in [-0.4, -0.2) is 17.0 Å². The third-order valence-corrected chi connectivity index (χ3v) is 2.01. The summed E-state index contributed by atoms with van der Waals surface area (Å²) in [4.78, 5) is 12.2. The van der Waals surface area contributed by atoms with Crippen LogP contribution in [0.4, 0.5) is 5.69 Å². The fourth-order valence-electron chi connectivity index (χ4n) is 1.06. The minimum Gasteiger partial charge on any atom is -0.262 e. The number of rotatable bonds is 4. The largest absolute Gasteiger partial charge is 0.262 e. The lowest BCUT2D eigenvalue weighted by molar-refractivity contribution is 0.635. The highest BCUT2D eigenvalue weighted by atomic mass is 14.8. The lowest BCUT2D eigenvalue weighted by Gasteiger charge is -2.00. The Morgan fingerprint density at radius 1 is 1.43 bits per heavy atom. The van der Waals surface area contributed by atoms with Gasteiger partial charge in [0.2, 0.25) is 0 Å². The average Bonchev–Trinajstić information content (AvgIpc) is 2.26. The van der Waals surface area contributed by atoms with Crippen molar-refractivity contribution in [2.75, 3.05) is 0 Å². The van der Waals surface area contributed by atoms with Gasteiger partial charge in [-0.2, -0.15) is 4.99 Å².